The van der Waals surface area contributed by atoms with Gasteiger partial charge in [-0.2, -0.15) is 0 Å². The van der Waals surface area contributed by atoms with Crippen molar-refractivity contribution in [3.05, 3.63) is 75.3 Å². The van der Waals surface area contributed by atoms with Crippen molar-refractivity contribution in [3.8, 4) is 6.07 Å². The van der Waals surface area contributed by atoms with Crippen molar-refractivity contribution in [2.45, 2.75) is 107 Å². The molecule has 7 atom stereocenters. The first-order chi connectivity index (χ1) is 18.0. The van der Waals surface area contributed by atoms with Gasteiger partial charge in [-0.1, -0.05) is 38.1 Å². The molecule has 3 fully saturated rings. The highest BCUT2D eigenvalue weighted by Gasteiger charge is 2.66. The number of nitrogens with one attached hydrogen (secondary N) is 1. The number of rotatable bonds is 5. The summed E-state index contributed by atoms with van der Waals surface area (Å²) < 4.78 is 7.47. The summed E-state index contributed by atoms with van der Waals surface area (Å²) in [6.07, 6.45) is 20.6. The van der Waals surface area contributed by atoms with E-state index in [9.17, 15) is 0 Å². The first-order valence-electron chi connectivity index (χ1n) is 14.8. The predicted octanol–water partition coefficient (Wildman–Crippen LogP) is 6.37. The molecule has 3 N–H and O–H groups in total. The maximum atomic E-state index is 7.47. The highest BCUT2D eigenvalue weighted by molar-refractivity contribution is 5.50. The molecule has 0 radical (unpaired) electrons. The lowest BCUT2D eigenvalue weighted by Gasteiger charge is -2.54. The van der Waals surface area contributed by atoms with Crippen molar-refractivity contribution in [3.63, 3.8) is 0 Å². The van der Waals surface area contributed by atoms with E-state index in [-0.39, 0.29) is 22.7 Å². The zero-order valence-corrected chi connectivity index (χ0v) is 22.6. The molecule has 7 rings (SSSR count). The van der Waals surface area contributed by atoms with E-state index in [1.807, 2.05) is 6.20 Å². The zero-order valence-electron chi connectivity index (χ0n) is 22.6. The number of allylic oxidation sites excluding steroid dienone is 2. The van der Waals surface area contributed by atoms with Gasteiger partial charge >= 0.3 is 12.3 Å². The Morgan fingerprint density at radius 1 is 1.24 bits per heavy atom. The van der Waals surface area contributed by atoms with Gasteiger partial charge in [0.1, 0.15) is 5.56 Å². The standard InChI is InChI=1S/C33H42N3O/c1-3-27(34)21-36-28-9-8-25-18-26-12-13-31(2)29(23-7-6-22-5-4-16-35-20-24(22)17-23)10-11-30(31)33(26)15-14-32(25,19-28)37-33/h4,6-7,12,16-18,27-30,36H,3,5,8-11,13-15,19,21,34H2,1-2H3/q+1/t27?,28-,29?,30-,31?,32-,33-/m1/s1. The van der Waals surface area contributed by atoms with Crippen LogP contribution in [0.5, 0.6) is 0 Å². The van der Waals surface area contributed by atoms with Crippen molar-refractivity contribution >= 4 is 0 Å². The van der Waals surface area contributed by atoms with Crippen LogP contribution in [-0.4, -0.2) is 29.8 Å². The molecule has 6 aliphatic rings. The van der Waals surface area contributed by atoms with Gasteiger partial charge in [0.15, 0.2) is 0 Å². The number of nitrogens with zero attached hydrogens (tertiary/aromatic N) is 1. The Bertz CT molecular complexity index is 1270. The Morgan fingerprint density at radius 2 is 2.16 bits per heavy atom. The minimum Gasteiger partial charge on any atom is -0.359 e. The normalized spacial score (nSPS) is 39.7. The minimum absolute atomic E-state index is 0.0671. The van der Waals surface area contributed by atoms with Gasteiger partial charge in [-0.05, 0) is 115 Å². The number of hydrogen-bond acceptors (Lipinski definition) is 3. The van der Waals surface area contributed by atoms with Gasteiger partial charge in [-0.3, -0.25) is 0 Å². The summed E-state index contributed by atoms with van der Waals surface area (Å²) in [7, 11) is 0. The van der Waals surface area contributed by atoms with Gasteiger partial charge < -0.3 is 15.8 Å². The number of hydrogen-bond donors (Lipinski definition) is 2. The maximum absolute atomic E-state index is 7.47. The second-order valence-corrected chi connectivity index (χ2v) is 13.0. The van der Waals surface area contributed by atoms with Crippen molar-refractivity contribution in [2.75, 3.05) is 6.54 Å². The van der Waals surface area contributed by atoms with Crippen LogP contribution >= 0.6 is 0 Å². The summed E-state index contributed by atoms with van der Waals surface area (Å²) in [5, 5.41) is 3.80. The second kappa shape index (κ2) is 8.67. The van der Waals surface area contributed by atoms with Crippen LogP contribution in [0.2, 0.25) is 0 Å². The molecule has 1 aromatic carbocycles. The fourth-order valence-corrected chi connectivity index (χ4v) is 9.02. The number of fused-ring (bicyclic) bond motifs is 2. The molecule has 3 aliphatic heterocycles. The Hall–Kier alpha value is -2.19. The zero-order chi connectivity index (χ0) is 25.3. The molecule has 1 aromatic rings. The van der Waals surface area contributed by atoms with Gasteiger partial charge in [0.05, 0.1) is 11.2 Å². The minimum atomic E-state index is -0.101. The Balaban J connectivity index is 1.18. The largest absolute Gasteiger partial charge is 0.359 e. The van der Waals surface area contributed by atoms with Crippen LogP contribution in [0.3, 0.4) is 0 Å². The monoisotopic (exact) mass is 496 g/mol. The summed E-state index contributed by atoms with van der Waals surface area (Å²) in [5.74, 6) is 1.12. The van der Waals surface area contributed by atoms with E-state index in [2.05, 4.69) is 66.5 Å². The Kier molecular flexibility index (Phi) is 5.60. The highest BCUT2D eigenvalue weighted by atomic mass is 16.5. The Labute approximate surface area is 222 Å². The van der Waals surface area contributed by atoms with Gasteiger partial charge in [-0.15, -0.1) is 0 Å². The first-order valence-corrected chi connectivity index (χ1v) is 14.8. The third-order valence-corrected chi connectivity index (χ3v) is 11.1. The van der Waals surface area contributed by atoms with Gasteiger partial charge in [0, 0.05) is 24.7 Å². The molecule has 4 nitrogen and oxygen atoms in total. The second-order valence-electron chi connectivity index (χ2n) is 13.0. The van der Waals surface area contributed by atoms with Crippen molar-refractivity contribution in [1.29, 1.82) is 0 Å². The summed E-state index contributed by atoms with van der Waals surface area (Å²) in [5.41, 5.74) is 13.3. The molecule has 4 heteroatoms. The molecule has 2 spiro atoms. The van der Waals surface area contributed by atoms with E-state index in [0.717, 1.165) is 38.6 Å². The predicted molar refractivity (Wildman–Crippen MR) is 150 cm³/mol. The van der Waals surface area contributed by atoms with E-state index in [0.29, 0.717) is 17.9 Å². The lowest BCUT2D eigenvalue weighted by Crippen LogP contribution is -2.55. The average Bonchev–Trinajstić information content (AvgIpc) is 3.30. The smallest absolute Gasteiger partial charge is 0.319 e. The third kappa shape index (κ3) is 3.58. The number of nitrogens with two attached hydrogens (primary N) is 1. The van der Waals surface area contributed by atoms with Crippen LogP contribution in [0, 0.1) is 17.4 Å². The molecule has 2 bridgehead atoms. The molecular weight excluding hydrogens is 454 g/mol. The lowest BCUT2D eigenvalue weighted by molar-refractivity contribution is -0.136. The molecule has 0 amide bonds. The van der Waals surface area contributed by atoms with Crippen LogP contribution < -0.4 is 11.1 Å². The number of ether oxygens (including phenoxy) is 1. The molecule has 2 saturated carbocycles. The average molecular weight is 497 g/mol. The molecule has 3 heterocycles. The molecule has 3 unspecified atom stereocenters. The van der Waals surface area contributed by atoms with Crippen molar-refractivity contribution in [2.24, 2.45) is 17.1 Å². The van der Waals surface area contributed by atoms with Crippen LogP contribution in [0.1, 0.15) is 94.2 Å². The molecule has 3 aliphatic carbocycles. The maximum Gasteiger partial charge on any atom is 0.319 e. The SMILES string of the molecule is CCC(N)CN[C@@H]1CCC2=CC3=CCC4(C)C(c5ccc6c(c5)C#[N+]C=CC6)CC[C@H]4[C@@]34CC[C@]2(C1)O4. The third-order valence-electron chi connectivity index (χ3n) is 11.1. The van der Waals surface area contributed by atoms with Crippen LogP contribution in [0.25, 0.3) is 4.85 Å². The van der Waals surface area contributed by atoms with E-state index < -0.39 is 0 Å². The molecule has 37 heavy (non-hydrogen) atoms. The summed E-state index contributed by atoms with van der Waals surface area (Å²) >= 11 is 0. The fraction of sp³-hybridized carbons (Fsp3) is 0.606. The molecule has 1 saturated heterocycles. The van der Waals surface area contributed by atoms with Gasteiger partial charge in [0.25, 0.3) is 0 Å². The fourth-order valence-electron chi connectivity index (χ4n) is 9.02. The summed E-state index contributed by atoms with van der Waals surface area (Å²) in [4.78, 5) is 4.36. The van der Waals surface area contributed by atoms with Crippen LogP contribution in [0.4, 0.5) is 0 Å². The summed E-state index contributed by atoms with van der Waals surface area (Å²) in [6.45, 7) is 5.65. The molecule has 194 valence electrons. The van der Waals surface area contributed by atoms with E-state index >= 15 is 0 Å². The van der Waals surface area contributed by atoms with Crippen LogP contribution in [0.15, 0.2) is 53.8 Å². The van der Waals surface area contributed by atoms with Crippen LogP contribution in [-0.2, 0) is 11.2 Å². The molecule has 0 aromatic heterocycles. The van der Waals surface area contributed by atoms with Crippen molar-refractivity contribution in [1.82, 2.24) is 5.32 Å². The van der Waals surface area contributed by atoms with E-state index in [1.54, 1.807) is 5.57 Å². The summed E-state index contributed by atoms with van der Waals surface area (Å²) in [6, 6.07) is 11.1. The topological polar surface area (TPSA) is 51.6 Å². The van der Waals surface area contributed by atoms with Gasteiger partial charge in [-0.25, -0.2) is 0 Å². The van der Waals surface area contributed by atoms with E-state index in [4.69, 9.17) is 10.5 Å². The lowest BCUT2D eigenvalue weighted by atomic mass is 9.58. The number of benzene rings is 1. The Morgan fingerprint density at radius 3 is 3.05 bits per heavy atom. The van der Waals surface area contributed by atoms with E-state index in [1.165, 1.54) is 54.4 Å². The quantitative estimate of drug-likeness (QED) is 0.498. The molecular formula is C33H42N3O+. The van der Waals surface area contributed by atoms with Crippen molar-refractivity contribution < 1.29 is 4.74 Å². The first kappa shape index (κ1) is 23.9. The van der Waals surface area contributed by atoms with Gasteiger partial charge in [0.2, 0.25) is 0 Å². The highest BCUT2D eigenvalue weighted by Crippen LogP contribution is 2.69.